The van der Waals surface area contributed by atoms with E-state index in [0.29, 0.717) is 24.2 Å². The number of likely N-dealkylation sites (tertiary alicyclic amines) is 1. The van der Waals surface area contributed by atoms with E-state index in [1.165, 1.54) is 0 Å². The normalized spacial score (nSPS) is 16.6. The smallest absolute Gasteiger partial charge is 0.408 e. The van der Waals surface area contributed by atoms with Crippen LogP contribution in [0.4, 0.5) is 4.79 Å². The number of carbonyl (C=O) groups is 1. The molecule has 7 nitrogen and oxygen atoms in total. The zero-order valence-corrected chi connectivity index (χ0v) is 13.5. The standard InChI is InChI=1S/C16H21N3O4/c1-9(2)22-12-7-19(8-12)15(20)17-10(3)11-4-5-13-14(6-11)23-16(21)18-13/h4-6,9-10,12H,7-8H2,1-3H3,(H,17,20)(H,18,21). The van der Waals surface area contributed by atoms with E-state index in [2.05, 4.69) is 10.3 Å². The molecule has 0 aliphatic carbocycles. The minimum Gasteiger partial charge on any atom is -0.408 e. The molecule has 1 aliphatic heterocycles. The Balaban J connectivity index is 1.58. The Labute approximate surface area is 133 Å². The second-order valence-corrected chi connectivity index (χ2v) is 6.15. The van der Waals surface area contributed by atoms with Gasteiger partial charge < -0.3 is 19.4 Å². The number of carbonyl (C=O) groups excluding carboxylic acids is 1. The zero-order valence-electron chi connectivity index (χ0n) is 13.5. The van der Waals surface area contributed by atoms with Crippen molar-refractivity contribution in [3.05, 3.63) is 34.3 Å². The van der Waals surface area contributed by atoms with Crippen LogP contribution in [-0.4, -0.2) is 41.2 Å². The van der Waals surface area contributed by atoms with Crippen molar-refractivity contribution in [2.45, 2.75) is 39.0 Å². The number of nitrogens with one attached hydrogen (secondary N) is 2. The van der Waals surface area contributed by atoms with Gasteiger partial charge in [0.25, 0.3) is 0 Å². The van der Waals surface area contributed by atoms with Crippen LogP contribution in [0, 0.1) is 0 Å². The number of amides is 2. The molecule has 0 saturated carbocycles. The average Bonchev–Trinajstić information content (AvgIpc) is 2.80. The van der Waals surface area contributed by atoms with E-state index in [9.17, 15) is 9.59 Å². The Morgan fingerprint density at radius 1 is 1.39 bits per heavy atom. The van der Waals surface area contributed by atoms with Crippen LogP contribution in [0.25, 0.3) is 11.1 Å². The number of fused-ring (bicyclic) bond motifs is 1. The van der Waals surface area contributed by atoms with Gasteiger partial charge >= 0.3 is 11.8 Å². The fraction of sp³-hybridized carbons (Fsp3) is 0.500. The summed E-state index contributed by atoms with van der Waals surface area (Å²) in [5.41, 5.74) is 2.01. The summed E-state index contributed by atoms with van der Waals surface area (Å²) in [5.74, 6) is -0.481. The lowest BCUT2D eigenvalue weighted by atomic mass is 10.1. The Kier molecular flexibility index (Phi) is 4.12. The van der Waals surface area contributed by atoms with Crippen molar-refractivity contribution in [1.29, 1.82) is 0 Å². The first kappa shape index (κ1) is 15.6. The summed E-state index contributed by atoms with van der Waals surface area (Å²) < 4.78 is 10.7. The number of H-pyrrole nitrogens is 1. The van der Waals surface area contributed by atoms with Gasteiger partial charge in [0.15, 0.2) is 5.58 Å². The first-order valence-corrected chi connectivity index (χ1v) is 7.76. The van der Waals surface area contributed by atoms with Crippen LogP contribution in [0.3, 0.4) is 0 Å². The van der Waals surface area contributed by atoms with Gasteiger partial charge in [-0.25, -0.2) is 9.59 Å². The van der Waals surface area contributed by atoms with E-state index in [1.54, 1.807) is 17.0 Å². The lowest BCUT2D eigenvalue weighted by Gasteiger charge is -2.40. The van der Waals surface area contributed by atoms with Crippen LogP contribution in [0.1, 0.15) is 32.4 Å². The van der Waals surface area contributed by atoms with E-state index < -0.39 is 5.76 Å². The Hall–Kier alpha value is -2.28. The van der Waals surface area contributed by atoms with E-state index in [-0.39, 0.29) is 24.3 Å². The molecule has 2 N–H and O–H groups in total. The van der Waals surface area contributed by atoms with Gasteiger partial charge in [-0.05, 0) is 38.5 Å². The van der Waals surface area contributed by atoms with Crippen molar-refractivity contribution in [3.8, 4) is 0 Å². The third kappa shape index (κ3) is 3.39. The molecule has 0 spiro atoms. The molecule has 1 aromatic carbocycles. The van der Waals surface area contributed by atoms with Gasteiger partial charge in [-0.15, -0.1) is 0 Å². The van der Waals surface area contributed by atoms with Crippen LogP contribution < -0.4 is 11.1 Å². The molecule has 1 unspecified atom stereocenters. The Bertz CT molecular complexity index is 758. The molecule has 1 atom stereocenters. The first-order chi connectivity index (χ1) is 10.9. The van der Waals surface area contributed by atoms with Gasteiger partial charge in [-0.3, -0.25) is 4.98 Å². The molecule has 2 aromatic rings. The molecular formula is C16H21N3O4. The van der Waals surface area contributed by atoms with E-state index >= 15 is 0 Å². The number of urea groups is 1. The number of nitrogens with zero attached hydrogens (tertiary/aromatic N) is 1. The highest BCUT2D eigenvalue weighted by Gasteiger charge is 2.32. The predicted molar refractivity (Wildman–Crippen MR) is 85.4 cm³/mol. The molecular weight excluding hydrogens is 298 g/mol. The molecule has 1 saturated heterocycles. The van der Waals surface area contributed by atoms with Crippen LogP contribution >= 0.6 is 0 Å². The lowest BCUT2D eigenvalue weighted by Crippen LogP contribution is -2.58. The quantitative estimate of drug-likeness (QED) is 0.902. The summed E-state index contributed by atoms with van der Waals surface area (Å²) in [7, 11) is 0. The van der Waals surface area contributed by atoms with Crippen molar-refractivity contribution in [1.82, 2.24) is 15.2 Å². The van der Waals surface area contributed by atoms with Crippen LogP contribution in [0.2, 0.25) is 0 Å². The Morgan fingerprint density at radius 3 is 2.83 bits per heavy atom. The van der Waals surface area contributed by atoms with Crippen LogP contribution in [0.15, 0.2) is 27.4 Å². The second kappa shape index (κ2) is 6.08. The minimum atomic E-state index is -0.481. The molecule has 7 heteroatoms. The molecule has 2 heterocycles. The largest absolute Gasteiger partial charge is 0.417 e. The number of hydrogen-bond acceptors (Lipinski definition) is 4. The van der Waals surface area contributed by atoms with Crippen molar-refractivity contribution in [2.75, 3.05) is 13.1 Å². The number of aromatic amines is 1. The van der Waals surface area contributed by atoms with E-state index in [4.69, 9.17) is 9.15 Å². The highest BCUT2D eigenvalue weighted by Crippen LogP contribution is 2.20. The monoisotopic (exact) mass is 319 g/mol. The molecule has 23 heavy (non-hydrogen) atoms. The van der Waals surface area contributed by atoms with Gasteiger partial charge in [-0.1, -0.05) is 6.07 Å². The summed E-state index contributed by atoms with van der Waals surface area (Å²) in [4.78, 5) is 27.7. The lowest BCUT2D eigenvalue weighted by molar-refractivity contribution is -0.0643. The predicted octanol–water partition coefficient (Wildman–Crippen LogP) is 2.00. The Morgan fingerprint density at radius 2 is 2.13 bits per heavy atom. The average molecular weight is 319 g/mol. The molecule has 0 radical (unpaired) electrons. The van der Waals surface area contributed by atoms with E-state index in [0.717, 1.165) is 5.56 Å². The van der Waals surface area contributed by atoms with Crippen molar-refractivity contribution < 1.29 is 13.9 Å². The highest BCUT2D eigenvalue weighted by molar-refractivity contribution is 5.76. The number of oxazole rings is 1. The molecule has 0 bridgehead atoms. The molecule has 1 aliphatic rings. The number of rotatable bonds is 4. The summed E-state index contributed by atoms with van der Waals surface area (Å²) in [5, 5.41) is 2.94. The van der Waals surface area contributed by atoms with Crippen molar-refractivity contribution >= 4 is 17.1 Å². The number of benzene rings is 1. The van der Waals surface area contributed by atoms with Crippen molar-refractivity contribution in [3.63, 3.8) is 0 Å². The summed E-state index contributed by atoms with van der Waals surface area (Å²) in [6.07, 6.45) is 0.299. The second-order valence-electron chi connectivity index (χ2n) is 6.15. The summed E-state index contributed by atoms with van der Waals surface area (Å²) in [6, 6.07) is 5.10. The maximum absolute atomic E-state index is 12.2. The van der Waals surface area contributed by atoms with Gasteiger partial charge in [0.1, 0.15) is 0 Å². The number of aromatic nitrogens is 1. The van der Waals surface area contributed by atoms with Gasteiger partial charge in [0.2, 0.25) is 0 Å². The molecule has 1 fully saturated rings. The topological polar surface area (TPSA) is 87.6 Å². The summed E-state index contributed by atoms with van der Waals surface area (Å²) >= 11 is 0. The molecule has 2 amide bonds. The molecule has 124 valence electrons. The minimum absolute atomic E-state index is 0.114. The fourth-order valence-corrected chi connectivity index (χ4v) is 2.67. The maximum Gasteiger partial charge on any atom is 0.417 e. The third-order valence-corrected chi connectivity index (χ3v) is 3.88. The van der Waals surface area contributed by atoms with Crippen LogP contribution in [0.5, 0.6) is 0 Å². The third-order valence-electron chi connectivity index (χ3n) is 3.88. The number of ether oxygens (including phenoxy) is 1. The summed E-state index contributed by atoms with van der Waals surface area (Å²) in [6.45, 7) is 7.09. The van der Waals surface area contributed by atoms with Gasteiger partial charge in [0, 0.05) is 0 Å². The van der Waals surface area contributed by atoms with E-state index in [1.807, 2.05) is 26.8 Å². The number of hydrogen-bond donors (Lipinski definition) is 2. The fourth-order valence-electron chi connectivity index (χ4n) is 2.67. The highest BCUT2D eigenvalue weighted by atomic mass is 16.5. The SMILES string of the molecule is CC(C)OC1CN(C(=O)NC(C)c2ccc3[nH]c(=O)oc3c2)C1. The maximum atomic E-state index is 12.2. The molecule has 1 aromatic heterocycles. The van der Waals surface area contributed by atoms with Crippen molar-refractivity contribution in [2.24, 2.45) is 0 Å². The van der Waals surface area contributed by atoms with Gasteiger partial charge in [0.05, 0.1) is 36.9 Å². The van der Waals surface area contributed by atoms with Gasteiger partial charge in [-0.2, -0.15) is 0 Å². The zero-order chi connectivity index (χ0) is 16.6. The van der Waals surface area contributed by atoms with Crippen LogP contribution in [-0.2, 0) is 4.74 Å². The molecule has 3 rings (SSSR count). The first-order valence-electron chi connectivity index (χ1n) is 7.76.